The van der Waals surface area contributed by atoms with Gasteiger partial charge in [-0.1, -0.05) is 43.6 Å². The van der Waals surface area contributed by atoms with Gasteiger partial charge in [-0.25, -0.2) is 0 Å². The van der Waals surface area contributed by atoms with E-state index in [9.17, 15) is 0 Å². The first-order valence-corrected chi connectivity index (χ1v) is 9.32. The van der Waals surface area contributed by atoms with Gasteiger partial charge in [-0.3, -0.25) is 0 Å². The SMILES string of the molecule is CC(C)c1ccc2c(c1)c(CCN(C)C)cn2Cc1ccc(Cl)cc1. The molecule has 2 aromatic carbocycles. The third-order valence-corrected chi connectivity index (χ3v) is 5.00. The van der Waals surface area contributed by atoms with Crippen molar-refractivity contribution < 1.29 is 0 Å². The van der Waals surface area contributed by atoms with Crippen LogP contribution in [0.2, 0.25) is 5.02 Å². The molecule has 0 radical (unpaired) electrons. The lowest BCUT2D eigenvalue weighted by atomic mass is 10.00. The topological polar surface area (TPSA) is 8.17 Å². The third-order valence-electron chi connectivity index (χ3n) is 4.75. The van der Waals surface area contributed by atoms with Crippen molar-refractivity contribution in [1.82, 2.24) is 9.47 Å². The van der Waals surface area contributed by atoms with Crippen LogP contribution in [0.15, 0.2) is 48.7 Å². The lowest BCUT2D eigenvalue weighted by Crippen LogP contribution is -2.14. The van der Waals surface area contributed by atoms with Gasteiger partial charge in [0.2, 0.25) is 0 Å². The molecule has 132 valence electrons. The Balaban J connectivity index is 2.00. The molecule has 3 rings (SSSR count). The Hall–Kier alpha value is -1.77. The summed E-state index contributed by atoms with van der Waals surface area (Å²) in [5, 5.41) is 2.18. The molecule has 1 aromatic heterocycles. The number of fused-ring (bicyclic) bond motifs is 1. The summed E-state index contributed by atoms with van der Waals surface area (Å²) in [7, 11) is 4.26. The first-order chi connectivity index (χ1) is 11.9. The maximum atomic E-state index is 6.02. The van der Waals surface area contributed by atoms with Crippen molar-refractivity contribution in [2.75, 3.05) is 20.6 Å². The second kappa shape index (κ2) is 7.63. The molecule has 0 aliphatic rings. The van der Waals surface area contributed by atoms with Crippen molar-refractivity contribution in [3.8, 4) is 0 Å². The summed E-state index contributed by atoms with van der Waals surface area (Å²) in [6, 6.07) is 15.1. The van der Waals surface area contributed by atoms with Gasteiger partial charge < -0.3 is 9.47 Å². The van der Waals surface area contributed by atoms with E-state index in [1.807, 2.05) is 12.1 Å². The summed E-state index contributed by atoms with van der Waals surface area (Å²) in [6.45, 7) is 6.44. The number of halogens is 1. The Morgan fingerprint density at radius 2 is 1.76 bits per heavy atom. The van der Waals surface area contributed by atoms with Crippen LogP contribution in [0.5, 0.6) is 0 Å². The molecular formula is C22H27ClN2. The molecular weight excluding hydrogens is 328 g/mol. The van der Waals surface area contributed by atoms with Crippen LogP contribution in [0.25, 0.3) is 10.9 Å². The van der Waals surface area contributed by atoms with Gasteiger partial charge in [-0.15, -0.1) is 0 Å². The van der Waals surface area contributed by atoms with E-state index in [1.54, 1.807) is 0 Å². The van der Waals surface area contributed by atoms with Crippen LogP contribution < -0.4 is 0 Å². The highest BCUT2D eigenvalue weighted by atomic mass is 35.5. The molecule has 0 bridgehead atoms. The van der Waals surface area contributed by atoms with E-state index in [0.29, 0.717) is 5.92 Å². The molecule has 0 unspecified atom stereocenters. The molecule has 0 aliphatic carbocycles. The smallest absolute Gasteiger partial charge is 0.0486 e. The Morgan fingerprint density at radius 3 is 2.40 bits per heavy atom. The van der Waals surface area contributed by atoms with Crippen LogP contribution in [0.4, 0.5) is 0 Å². The normalized spacial score (nSPS) is 11.8. The van der Waals surface area contributed by atoms with Gasteiger partial charge in [0.05, 0.1) is 0 Å². The first-order valence-electron chi connectivity index (χ1n) is 8.95. The van der Waals surface area contributed by atoms with Crippen molar-refractivity contribution in [1.29, 1.82) is 0 Å². The zero-order valence-corrected chi connectivity index (χ0v) is 16.3. The molecule has 0 N–H and O–H groups in total. The number of likely N-dealkylation sites (N-methyl/N-ethyl adjacent to an activating group) is 1. The van der Waals surface area contributed by atoms with Gasteiger partial charge in [0, 0.05) is 35.2 Å². The Kier molecular flexibility index (Phi) is 5.51. The van der Waals surface area contributed by atoms with Gasteiger partial charge in [0.1, 0.15) is 0 Å². The second-order valence-electron chi connectivity index (χ2n) is 7.39. The van der Waals surface area contributed by atoms with Crippen molar-refractivity contribution >= 4 is 22.5 Å². The molecule has 0 aliphatic heterocycles. The summed E-state index contributed by atoms with van der Waals surface area (Å²) < 4.78 is 2.37. The zero-order valence-electron chi connectivity index (χ0n) is 15.6. The molecule has 0 fully saturated rings. The highest BCUT2D eigenvalue weighted by Gasteiger charge is 2.11. The quantitative estimate of drug-likeness (QED) is 0.561. The molecule has 3 heteroatoms. The lowest BCUT2D eigenvalue weighted by molar-refractivity contribution is 0.414. The molecule has 0 spiro atoms. The predicted molar refractivity (Wildman–Crippen MR) is 109 cm³/mol. The number of benzene rings is 2. The molecule has 25 heavy (non-hydrogen) atoms. The Labute approximate surface area is 156 Å². The molecule has 0 saturated carbocycles. The van der Waals surface area contributed by atoms with Crippen LogP contribution in [0.1, 0.15) is 36.5 Å². The monoisotopic (exact) mass is 354 g/mol. The number of aromatic nitrogens is 1. The van der Waals surface area contributed by atoms with Gasteiger partial charge >= 0.3 is 0 Å². The Bertz CT molecular complexity index is 844. The van der Waals surface area contributed by atoms with Crippen LogP contribution in [-0.2, 0) is 13.0 Å². The van der Waals surface area contributed by atoms with E-state index in [2.05, 4.69) is 73.9 Å². The van der Waals surface area contributed by atoms with E-state index in [1.165, 1.54) is 27.6 Å². The van der Waals surface area contributed by atoms with Gasteiger partial charge in [0.15, 0.2) is 0 Å². The minimum atomic E-state index is 0.547. The van der Waals surface area contributed by atoms with Crippen molar-refractivity contribution in [2.24, 2.45) is 0 Å². The highest BCUT2D eigenvalue weighted by Crippen LogP contribution is 2.27. The number of hydrogen-bond acceptors (Lipinski definition) is 1. The second-order valence-corrected chi connectivity index (χ2v) is 7.83. The fourth-order valence-corrected chi connectivity index (χ4v) is 3.33. The minimum absolute atomic E-state index is 0.547. The van der Waals surface area contributed by atoms with Crippen LogP contribution in [0, 0.1) is 0 Å². The first kappa shape index (κ1) is 18.0. The van der Waals surface area contributed by atoms with Crippen molar-refractivity contribution in [3.05, 3.63) is 70.4 Å². The molecule has 3 aromatic rings. The summed E-state index contributed by atoms with van der Waals surface area (Å²) >= 11 is 6.02. The maximum absolute atomic E-state index is 6.02. The standard InChI is InChI=1S/C22H27ClN2/c1-16(2)18-7-10-22-21(13-18)19(11-12-24(3)4)15-25(22)14-17-5-8-20(23)9-6-17/h5-10,13,15-16H,11-12,14H2,1-4H3. The van der Waals surface area contributed by atoms with Crippen LogP contribution in [0.3, 0.4) is 0 Å². The molecule has 2 nitrogen and oxygen atoms in total. The maximum Gasteiger partial charge on any atom is 0.0486 e. The summed E-state index contributed by atoms with van der Waals surface area (Å²) in [4.78, 5) is 2.24. The third kappa shape index (κ3) is 4.26. The van der Waals surface area contributed by atoms with Gasteiger partial charge in [-0.2, -0.15) is 0 Å². The fourth-order valence-electron chi connectivity index (χ4n) is 3.21. The Morgan fingerprint density at radius 1 is 1.04 bits per heavy atom. The molecule has 0 atom stereocenters. The average Bonchev–Trinajstić information content (AvgIpc) is 2.92. The average molecular weight is 355 g/mol. The summed E-state index contributed by atoms with van der Waals surface area (Å²) in [6.07, 6.45) is 3.39. The zero-order chi connectivity index (χ0) is 18.0. The van der Waals surface area contributed by atoms with Gasteiger partial charge in [-0.05, 0) is 67.4 Å². The number of rotatable bonds is 6. The van der Waals surface area contributed by atoms with E-state index in [0.717, 1.165) is 24.5 Å². The minimum Gasteiger partial charge on any atom is -0.343 e. The lowest BCUT2D eigenvalue weighted by Gasteiger charge is -2.09. The molecule has 0 saturated heterocycles. The van der Waals surface area contributed by atoms with E-state index in [4.69, 9.17) is 11.6 Å². The van der Waals surface area contributed by atoms with Crippen molar-refractivity contribution in [2.45, 2.75) is 32.7 Å². The summed E-state index contributed by atoms with van der Waals surface area (Å²) in [5.74, 6) is 0.547. The number of hydrogen-bond donors (Lipinski definition) is 0. The fraction of sp³-hybridized carbons (Fsp3) is 0.364. The van der Waals surface area contributed by atoms with Crippen LogP contribution in [-0.4, -0.2) is 30.1 Å². The van der Waals surface area contributed by atoms with E-state index in [-0.39, 0.29) is 0 Å². The van der Waals surface area contributed by atoms with Crippen molar-refractivity contribution in [3.63, 3.8) is 0 Å². The van der Waals surface area contributed by atoms with E-state index < -0.39 is 0 Å². The highest BCUT2D eigenvalue weighted by molar-refractivity contribution is 6.30. The van der Waals surface area contributed by atoms with Crippen LogP contribution >= 0.6 is 11.6 Å². The molecule has 1 heterocycles. The largest absolute Gasteiger partial charge is 0.343 e. The number of nitrogens with zero attached hydrogens (tertiary/aromatic N) is 2. The molecule has 0 amide bonds. The summed E-state index contributed by atoms with van der Waals surface area (Å²) in [5.41, 5.74) is 5.42. The predicted octanol–water partition coefficient (Wildman–Crippen LogP) is 5.57. The van der Waals surface area contributed by atoms with Gasteiger partial charge in [0.25, 0.3) is 0 Å². The van der Waals surface area contributed by atoms with E-state index >= 15 is 0 Å².